The molecular weight excluding hydrogens is 492 g/mol. The average molecular weight is 533 g/mol. The lowest BCUT2D eigenvalue weighted by atomic mass is 10.1. The molecule has 2 aromatic heterocycles. The lowest BCUT2D eigenvalue weighted by Crippen LogP contribution is -2.24. The number of carbonyl (C=O) groups excluding carboxylic acids is 1. The van der Waals surface area contributed by atoms with Gasteiger partial charge in [0, 0.05) is 36.4 Å². The van der Waals surface area contributed by atoms with Crippen molar-refractivity contribution in [2.24, 2.45) is 4.99 Å². The number of aromatic nitrogens is 4. The van der Waals surface area contributed by atoms with Crippen LogP contribution >= 0.6 is 21.6 Å². The summed E-state index contributed by atoms with van der Waals surface area (Å²) in [5.74, 6) is 1.81. The smallest absolute Gasteiger partial charge is 0.280 e. The van der Waals surface area contributed by atoms with Crippen LogP contribution in [-0.4, -0.2) is 49.2 Å². The summed E-state index contributed by atoms with van der Waals surface area (Å²) < 4.78 is 1.61. The molecule has 8 nitrogen and oxygen atoms in total. The van der Waals surface area contributed by atoms with E-state index < -0.39 is 0 Å². The van der Waals surface area contributed by atoms with E-state index in [0.29, 0.717) is 18.0 Å². The highest BCUT2D eigenvalue weighted by Crippen LogP contribution is 2.39. The predicted molar refractivity (Wildman–Crippen MR) is 154 cm³/mol. The van der Waals surface area contributed by atoms with Crippen molar-refractivity contribution in [1.29, 1.82) is 0 Å². The van der Waals surface area contributed by atoms with Crippen molar-refractivity contribution in [1.82, 2.24) is 24.8 Å². The van der Waals surface area contributed by atoms with Gasteiger partial charge in [-0.1, -0.05) is 73.1 Å². The molecule has 1 fully saturated rings. The van der Waals surface area contributed by atoms with E-state index in [4.69, 9.17) is 0 Å². The molecule has 198 valence electrons. The van der Waals surface area contributed by atoms with Crippen molar-refractivity contribution in [2.75, 3.05) is 12.3 Å². The number of hydrogen-bond acceptors (Lipinski definition) is 7. The Morgan fingerprint density at radius 2 is 1.94 bits per heavy atom. The normalized spacial score (nSPS) is 15.7. The van der Waals surface area contributed by atoms with Gasteiger partial charge in [-0.25, -0.2) is 9.98 Å². The van der Waals surface area contributed by atoms with Crippen molar-refractivity contribution in [3.05, 3.63) is 23.3 Å². The molecule has 3 heterocycles. The second-order valence-electron chi connectivity index (χ2n) is 9.25. The number of rotatable bonds is 18. The standard InChI is InChI=1S/C26H40N6O2S2/c1-2-32-20-29-23-24(32)30-26(31-25(23)34)28-18-13-9-7-5-3-4-6-8-12-17-27-22(33)15-11-10-14-21-16-19-35-36-21/h2,18,20-21H,1,3-17,19H2,(H,27,33)(H,30,31,34)/b28-18+. The lowest BCUT2D eigenvalue weighted by molar-refractivity contribution is -0.121. The van der Waals surface area contributed by atoms with Crippen LogP contribution in [-0.2, 0) is 4.79 Å². The zero-order valence-electron chi connectivity index (χ0n) is 21.3. The summed E-state index contributed by atoms with van der Waals surface area (Å²) in [4.78, 5) is 39.3. The number of hydrogen-bond donors (Lipinski definition) is 2. The van der Waals surface area contributed by atoms with Crippen LogP contribution in [0.15, 0.2) is 22.7 Å². The van der Waals surface area contributed by atoms with Crippen molar-refractivity contribution in [3.8, 4) is 0 Å². The monoisotopic (exact) mass is 532 g/mol. The highest BCUT2D eigenvalue weighted by molar-refractivity contribution is 8.77. The van der Waals surface area contributed by atoms with Gasteiger partial charge in [-0.2, -0.15) is 4.98 Å². The number of fused-ring (bicyclic) bond motifs is 1. The summed E-state index contributed by atoms with van der Waals surface area (Å²) in [5.41, 5.74) is 0.461. The summed E-state index contributed by atoms with van der Waals surface area (Å²) in [5, 5.41) is 3.89. The van der Waals surface area contributed by atoms with E-state index >= 15 is 0 Å². The van der Waals surface area contributed by atoms with Crippen LogP contribution in [0, 0.1) is 0 Å². The minimum absolute atomic E-state index is 0.220. The summed E-state index contributed by atoms with van der Waals surface area (Å²) >= 11 is 0. The van der Waals surface area contributed by atoms with Crippen molar-refractivity contribution in [3.63, 3.8) is 0 Å². The molecule has 0 bridgehead atoms. The van der Waals surface area contributed by atoms with Crippen LogP contribution in [0.4, 0.5) is 5.95 Å². The number of amides is 1. The Labute approximate surface area is 222 Å². The van der Waals surface area contributed by atoms with Gasteiger partial charge < -0.3 is 5.32 Å². The summed E-state index contributed by atoms with van der Waals surface area (Å²) in [7, 11) is 4.02. The Morgan fingerprint density at radius 1 is 1.17 bits per heavy atom. The van der Waals surface area contributed by atoms with Gasteiger partial charge in [0.1, 0.15) is 6.33 Å². The molecule has 0 radical (unpaired) electrons. The molecule has 1 unspecified atom stereocenters. The molecule has 2 aromatic rings. The summed E-state index contributed by atoms with van der Waals surface area (Å²) in [6.07, 6.45) is 20.7. The topological polar surface area (TPSA) is 105 Å². The van der Waals surface area contributed by atoms with E-state index in [0.717, 1.165) is 37.5 Å². The van der Waals surface area contributed by atoms with Gasteiger partial charge in [-0.15, -0.1) is 0 Å². The summed E-state index contributed by atoms with van der Waals surface area (Å²) in [6.45, 7) is 4.51. The molecule has 1 aliphatic rings. The SMILES string of the molecule is C=Cn1cnc2c(=O)[nH]c(/N=C/CCCCCCCCCCNC(=O)CCCCC3CCSS3)nc21. The highest BCUT2D eigenvalue weighted by Gasteiger charge is 2.15. The van der Waals surface area contributed by atoms with Gasteiger partial charge in [0.05, 0.1) is 0 Å². The zero-order chi connectivity index (χ0) is 25.4. The average Bonchev–Trinajstić information content (AvgIpc) is 3.55. The Balaban J connectivity index is 1.12. The first-order valence-electron chi connectivity index (χ1n) is 13.3. The number of imidazole rings is 1. The fourth-order valence-corrected chi connectivity index (χ4v) is 7.25. The van der Waals surface area contributed by atoms with E-state index in [-0.39, 0.29) is 17.0 Å². The van der Waals surface area contributed by atoms with E-state index in [1.807, 2.05) is 27.8 Å². The minimum Gasteiger partial charge on any atom is -0.356 e. The third-order valence-corrected chi connectivity index (χ3v) is 9.33. The Hall–Kier alpha value is -2.07. The molecule has 3 rings (SSSR count). The van der Waals surface area contributed by atoms with Gasteiger partial charge >= 0.3 is 0 Å². The van der Waals surface area contributed by atoms with Crippen LogP contribution in [0.5, 0.6) is 0 Å². The fraction of sp³-hybridized carbons (Fsp3) is 0.654. The number of nitrogens with zero attached hydrogens (tertiary/aromatic N) is 4. The molecular formula is C26H40N6O2S2. The first-order chi connectivity index (χ1) is 17.7. The van der Waals surface area contributed by atoms with Crippen LogP contribution in [0.25, 0.3) is 17.4 Å². The molecule has 1 amide bonds. The van der Waals surface area contributed by atoms with Gasteiger partial charge in [-0.05, 0) is 38.5 Å². The lowest BCUT2D eigenvalue weighted by Gasteiger charge is -2.07. The van der Waals surface area contributed by atoms with E-state index in [9.17, 15) is 9.59 Å². The Bertz CT molecular complexity index is 1030. The number of aliphatic imine (C=N–C) groups is 1. The maximum atomic E-state index is 12.1. The minimum atomic E-state index is -0.293. The molecule has 2 N–H and O–H groups in total. The van der Waals surface area contributed by atoms with E-state index in [1.165, 1.54) is 69.9 Å². The molecule has 10 heteroatoms. The largest absolute Gasteiger partial charge is 0.356 e. The fourth-order valence-electron chi connectivity index (χ4n) is 4.22. The Morgan fingerprint density at radius 3 is 2.69 bits per heavy atom. The Kier molecular flexibility index (Phi) is 13.2. The predicted octanol–water partition coefficient (Wildman–Crippen LogP) is 6.26. The first kappa shape index (κ1) is 28.5. The molecule has 1 saturated heterocycles. The molecule has 36 heavy (non-hydrogen) atoms. The number of H-pyrrole nitrogens is 1. The van der Waals surface area contributed by atoms with E-state index in [1.54, 1.807) is 10.8 Å². The van der Waals surface area contributed by atoms with Crippen LogP contribution in [0.1, 0.15) is 89.9 Å². The second kappa shape index (κ2) is 16.6. The van der Waals surface area contributed by atoms with Gasteiger partial charge in [0.25, 0.3) is 5.56 Å². The molecule has 0 saturated carbocycles. The highest BCUT2D eigenvalue weighted by atomic mass is 33.1. The molecule has 0 aliphatic carbocycles. The molecule has 0 spiro atoms. The van der Waals surface area contributed by atoms with Crippen molar-refractivity contribution >= 4 is 57.0 Å². The summed E-state index contributed by atoms with van der Waals surface area (Å²) in [6, 6.07) is 0. The molecule has 0 aromatic carbocycles. The zero-order valence-corrected chi connectivity index (χ0v) is 22.9. The maximum Gasteiger partial charge on any atom is 0.280 e. The molecule has 1 aliphatic heterocycles. The number of aromatic amines is 1. The van der Waals surface area contributed by atoms with Gasteiger partial charge in [0.15, 0.2) is 11.2 Å². The quantitative estimate of drug-likeness (QED) is 0.133. The van der Waals surface area contributed by atoms with Crippen molar-refractivity contribution < 1.29 is 4.79 Å². The number of nitrogens with one attached hydrogen (secondary N) is 2. The van der Waals surface area contributed by atoms with E-state index in [2.05, 4.69) is 31.8 Å². The van der Waals surface area contributed by atoms with Gasteiger partial charge in [-0.3, -0.25) is 19.1 Å². The second-order valence-corrected chi connectivity index (χ2v) is 12.0. The van der Waals surface area contributed by atoms with Gasteiger partial charge in [0.2, 0.25) is 11.9 Å². The number of carbonyl (C=O) groups is 1. The van der Waals surface area contributed by atoms with Crippen LogP contribution < -0.4 is 10.9 Å². The third-order valence-electron chi connectivity index (χ3n) is 6.32. The van der Waals surface area contributed by atoms with Crippen LogP contribution in [0.3, 0.4) is 0 Å². The molecule has 1 atom stereocenters. The van der Waals surface area contributed by atoms with Crippen molar-refractivity contribution in [2.45, 2.75) is 95.1 Å². The number of unbranched alkanes of at least 4 members (excludes halogenated alkanes) is 9. The third kappa shape index (κ3) is 10.1. The van der Waals surface area contributed by atoms with Crippen LogP contribution in [0.2, 0.25) is 0 Å². The first-order valence-corrected chi connectivity index (χ1v) is 15.7. The maximum absolute atomic E-state index is 12.1.